The summed E-state index contributed by atoms with van der Waals surface area (Å²) in [6.45, 7) is 0. The number of carbonyl (C=O) groups is 2. The summed E-state index contributed by atoms with van der Waals surface area (Å²) in [5, 5.41) is 16.6. The Hall–Kier alpha value is -0.480. The molecule has 4 nitrogen and oxygen atoms in total. The minimum Gasteiger partial charge on any atom is -0.481 e. The van der Waals surface area contributed by atoms with Gasteiger partial charge in [-0.2, -0.15) is 0 Å². The highest BCUT2D eigenvalue weighted by Crippen LogP contribution is 2.18. The smallest absolute Gasteiger partial charge is 0.309 e. The van der Waals surface area contributed by atoms with E-state index in [4.69, 9.17) is 33.4 Å². The molecule has 0 aliphatic rings. The van der Waals surface area contributed by atoms with Crippen LogP contribution in [-0.4, -0.2) is 27.0 Å². The van der Waals surface area contributed by atoms with Gasteiger partial charge in [-0.15, -0.1) is 23.2 Å². The summed E-state index contributed by atoms with van der Waals surface area (Å²) < 4.78 is 0. The second-order valence-electron chi connectivity index (χ2n) is 1.88. The Labute approximate surface area is 72.7 Å². The van der Waals surface area contributed by atoms with E-state index >= 15 is 0 Å². The van der Waals surface area contributed by atoms with Crippen molar-refractivity contribution in [1.29, 1.82) is 0 Å². The molecule has 2 N–H and O–H groups in total. The van der Waals surface area contributed by atoms with Crippen LogP contribution < -0.4 is 0 Å². The maximum absolute atomic E-state index is 10.2. The predicted octanol–water partition coefficient (Wildman–Crippen LogP) is 0.966. The van der Waals surface area contributed by atoms with Crippen LogP contribution in [0.5, 0.6) is 0 Å². The molecule has 1 unspecified atom stereocenters. The average Bonchev–Trinajstić information content (AvgIpc) is 1.81. The van der Waals surface area contributed by atoms with Crippen LogP contribution in [0.3, 0.4) is 0 Å². The maximum atomic E-state index is 10.2. The van der Waals surface area contributed by atoms with Gasteiger partial charge in [0.1, 0.15) is 4.84 Å². The molecule has 0 rings (SSSR count). The first-order valence-electron chi connectivity index (χ1n) is 2.68. The van der Waals surface area contributed by atoms with Crippen molar-refractivity contribution in [3.05, 3.63) is 0 Å². The van der Waals surface area contributed by atoms with E-state index < -0.39 is 29.1 Å². The fourth-order valence-electron chi connectivity index (χ4n) is 0.472. The van der Waals surface area contributed by atoms with Crippen molar-refractivity contribution in [2.75, 3.05) is 0 Å². The molecule has 6 heteroatoms. The highest BCUT2D eigenvalue weighted by molar-refractivity contribution is 6.45. The van der Waals surface area contributed by atoms with Gasteiger partial charge in [-0.3, -0.25) is 9.59 Å². The van der Waals surface area contributed by atoms with Crippen molar-refractivity contribution in [2.24, 2.45) is 5.92 Å². The van der Waals surface area contributed by atoms with E-state index in [2.05, 4.69) is 0 Å². The van der Waals surface area contributed by atoms with E-state index in [0.29, 0.717) is 0 Å². The van der Waals surface area contributed by atoms with E-state index in [9.17, 15) is 9.59 Å². The van der Waals surface area contributed by atoms with Gasteiger partial charge in [-0.25, -0.2) is 0 Å². The molecule has 0 radical (unpaired) electrons. The summed E-state index contributed by atoms with van der Waals surface area (Å²) in [4.78, 5) is 19.1. The van der Waals surface area contributed by atoms with Crippen LogP contribution in [-0.2, 0) is 9.59 Å². The Morgan fingerprint density at radius 1 is 1.27 bits per heavy atom. The molecule has 64 valence electrons. The van der Waals surface area contributed by atoms with Crippen molar-refractivity contribution >= 4 is 35.1 Å². The van der Waals surface area contributed by atoms with Crippen molar-refractivity contribution in [1.82, 2.24) is 0 Å². The summed E-state index contributed by atoms with van der Waals surface area (Å²) in [7, 11) is 0. The van der Waals surface area contributed by atoms with Crippen LogP contribution in [0.4, 0.5) is 0 Å². The Balaban J connectivity index is 4.12. The second kappa shape index (κ2) is 4.41. The van der Waals surface area contributed by atoms with E-state index in [0.717, 1.165) is 0 Å². The largest absolute Gasteiger partial charge is 0.481 e. The van der Waals surface area contributed by atoms with Gasteiger partial charge in [-0.05, 0) is 0 Å². The van der Waals surface area contributed by atoms with Gasteiger partial charge in [0.25, 0.3) is 0 Å². The minimum absolute atomic E-state index is 0.562. The summed E-state index contributed by atoms with van der Waals surface area (Å²) in [6, 6.07) is 0. The van der Waals surface area contributed by atoms with Gasteiger partial charge in [-0.1, -0.05) is 0 Å². The molecule has 0 spiro atoms. The quantitative estimate of drug-likeness (QED) is 0.664. The monoisotopic (exact) mass is 200 g/mol. The molecule has 0 fully saturated rings. The Bertz CT molecular complexity index is 168. The average molecular weight is 201 g/mol. The van der Waals surface area contributed by atoms with Crippen LogP contribution in [0, 0.1) is 5.92 Å². The highest BCUT2D eigenvalue weighted by atomic mass is 35.5. The number of aliphatic carboxylic acids is 2. The third-order valence-corrected chi connectivity index (χ3v) is 1.62. The number of carboxylic acid groups (broad SMARTS) is 2. The van der Waals surface area contributed by atoms with E-state index in [1.165, 1.54) is 0 Å². The van der Waals surface area contributed by atoms with Gasteiger partial charge in [0, 0.05) is 0 Å². The van der Waals surface area contributed by atoms with Crippen LogP contribution in [0.2, 0.25) is 0 Å². The Kier molecular flexibility index (Phi) is 4.22. The first-order chi connectivity index (χ1) is 4.95. The van der Waals surface area contributed by atoms with Crippen molar-refractivity contribution in [3.8, 4) is 0 Å². The van der Waals surface area contributed by atoms with Crippen molar-refractivity contribution < 1.29 is 19.8 Å². The lowest BCUT2D eigenvalue weighted by atomic mass is 10.1. The lowest BCUT2D eigenvalue weighted by molar-refractivity contribution is -0.147. The normalized spacial score (nSPS) is 13.0. The second-order valence-corrected chi connectivity index (χ2v) is 3.04. The van der Waals surface area contributed by atoms with Gasteiger partial charge in [0.05, 0.1) is 12.3 Å². The zero-order valence-electron chi connectivity index (χ0n) is 5.33. The molecular formula is C5H6Cl2O4. The van der Waals surface area contributed by atoms with Crippen LogP contribution in [0.15, 0.2) is 0 Å². The molecule has 0 heterocycles. The molecule has 0 saturated heterocycles. The molecule has 0 bridgehead atoms. The molecule has 0 aromatic carbocycles. The SMILES string of the molecule is O=C(O)CC(C(=O)O)C(Cl)Cl. The molecule has 0 aliphatic carbocycles. The summed E-state index contributed by atoms with van der Waals surface area (Å²) in [5.74, 6) is -3.78. The Morgan fingerprint density at radius 2 is 1.73 bits per heavy atom. The third-order valence-electron chi connectivity index (χ3n) is 1.02. The molecular weight excluding hydrogens is 195 g/mol. The number of hydrogen-bond donors (Lipinski definition) is 2. The van der Waals surface area contributed by atoms with E-state index in [1.54, 1.807) is 0 Å². The van der Waals surface area contributed by atoms with Crippen molar-refractivity contribution in [3.63, 3.8) is 0 Å². The number of alkyl halides is 2. The fraction of sp³-hybridized carbons (Fsp3) is 0.600. The summed E-state index contributed by atoms with van der Waals surface area (Å²) >= 11 is 10.4. The van der Waals surface area contributed by atoms with Crippen molar-refractivity contribution in [2.45, 2.75) is 11.3 Å². The minimum atomic E-state index is -1.30. The van der Waals surface area contributed by atoms with Crippen LogP contribution in [0.1, 0.15) is 6.42 Å². The first kappa shape index (κ1) is 10.5. The zero-order chi connectivity index (χ0) is 9.02. The predicted molar refractivity (Wildman–Crippen MR) is 38.9 cm³/mol. The molecule has 0 saturated carbocycles. The first-order valence-corrected chi connectivity index (χ1v) is 3.55. The number of halogens is 2. The van der Waals surface area contributed by atoms with Gasteiger partial charge in [0.15, 0.2) is 0 Å². The summed E-state index contributed by atoms with van der Waals surface area (Å²) in [6.07, 6.45) is -0.562. The third kappa shape index (κ3) is 4.06. The standard InChI is InChI=1S/C5H6Cl2O4/c6-4(7)2(5(10)11)1-3(8)9/h2,4H,1H2,(H,8,9)(H,10,11). The molecule has 0 amide bonds. The topological polar surface area (TPSA) is 74.6 Å². The number of hydrogen-bond acceptors (Lipinski definition) is 2. The Morgan fingerprint density at radius 3 is 1.82 bits per heavy atom. The molecule has 1 atom stereocenters. The number of rotatable bonds is 4. The highest BCUT2D eigenvalue weighted by Gasteiger charge is 2.27. The van der Waals surface area contributed by atoms with Gasteiger partial charge < -0.3 is 10.2 Å². The molecule has 0 aliphatic heterocycles. The van der Waals surface area contributed by atoms with Gasteiger partial charge >= 0.3 is 11.9 Å². The molecule has 11 heavy (non-hydrogen) atoms. The lowest BCUT2D eigenvalue weighted by Crippen LogP contribution is -2.23. The number of carboxylic acids is 2. The van der Waals surface area contributed by atoms with Gasteiger partial charge in [0.2, 0.25) is 0 Å². The lowest BCUT2D eigenvalue weighted by Gasteiger charge is -2.08. The fourth-order valence-corrected chi connectivity index (χ4v) is 0.866. The van der Waals surface area contributed by atoms with Crippen LogP contribution >= 0.6 is 23.2 Å². The molecule has 0 aromatic rings. The zero-order valence-corrected chi connectivity index (χ0v) is 6.84. The molecule has 0 aromatic heterocycles. The maximum Gasteiger partial charge on any atom is 0.309 e. The van der Waals surface area contributed by atoms with E-state index in [1.807, 2.05) is 0 Å². The van der Waals surface area contributed by atoms with E-state index in [-0.39, 0.29) is 0 Å². The summed E-state index contributed by atoms with van der Waals surface area (Å²) in [5.41, 5.74) is 0. The van der Waals surface area contributed by atoms with Crippen LogP contribution in [0.25, 0.3) is 0 Å².